The molecule has 0 heterocycles. The molecule has 0 aromatic heterocycles. The van der Waals surface area contributed by atoms with Crippen LogP contribution in [0.1, 0.15) is 20.8 Å². The summed E-state index contributed by atoms with van der Waals surface area (Å²) in [5.41, 5.74) is 2.53. The highest BCUT2D eigenvalue weighted by Crippen LogP contribution is 2.14. The number of hydrogen-bond acceptors (Lipinski definition) is 3. The van der Waals surface area contributed by atoms with Gasteiger partial charge in [-0.05, 0) is 20.8 Å². The fraction of sp³-hybridized carbons (Fsp3) is 1.00. The highest BCUT2D eigenvalue weighted by Gasteiger charge is 2.45. The first-order chi connectivity index (χ1) is 4.83. The van der Waals surface area contributed by atoms with Crippen LogP contribution in [0.15, 0.2) is 0 Å². The Morgan fingerprint density at radius 2 is 1.09 bits per heavy atom. The lowest BCUT2D eigenvalue weighted by molar-refractivity contribution is -0.528. The molecule has 0 aliphatic heterocycles. The zero-order chi connectivity index (χ0) is 9.23. The predicted octanol–water partition coefficient (Wildman–Crippen LogP) is -1.89. The molecule has 0 fully saturated rings. The first kappa shape index (κ1) is 10.8. The lowest BCUT2D eigenvalue weighted by Gasteiger charge is -2.33. The van der Waals surface area contributed by atoms with Gasteiger partial charge in [0.05, 0.1) is 0 Å². The van der Waals surface area contributed by atoms with Crippen LogP contribution in [0.5, 0.6) is 0 Å². The highest BCUT2D eigenvalue weighted by molar-refractivity contribution is 4.91. The third-order valence-corrected chi connectivity index (χ3v) is 2.33. The average molecular weight is 164 g/mol. The fourth-order valence-corrected chi connectivity index (χ4v) is 1.05. The van der Waals surface area contributed by atoms with Crippen LogP contribution in [-0.4, -0.2) is 39.2 Å². The molecule has 0 aliphatic rings. The van der Waals surface area contributed by atoms with Gasteiger partial charge in [0.1, 0.15) is 18.3 Å². The molecule has 0 rings (SSSR count). The summed E-state index contributed by atoms with van der Waals surface area (Å²) in [4.78, 5) is 0. The maximum atomic E-state index is 9.23. The second-order valence-electron chi connectivity index (χ2n) is 3.14. The van der Waals surface area contributed by atoms with Crippen molar-refractivity contribution >= 4 is 0 Å². The summed E-state index contributed by atoms with van der Waals surface area (Å²) in [6.45, 7) is 4.52. The quantitative estimate of drug-likeness (QED) is 0.393. The third-order valence-electron chi connectivity index (χ3n) is 2.33. The van der Waals surface area contributed by atoms with Crippen LogP contribution in [-0.2, 0) is 0 Å². The van der Waals surface area contributed by atoms with Crippen LogP contribution < -0.4 is 5.73 Å². The van der Waals surface area contributed by atoms with E-state index in [2.05, 4.69) is 5.73 Å². The number of aliphatic hydroxyl groups is 3. The molecule has 0 spiro atoms. The molecule has 0 radical (unpaired) electrons. The van der Waals surface area contributed by atoms with Crippen molar-refractivity contribution in [2.24, 2.45) is 0 Å². The van der Waals surface area contributed by atoms with Crippen LogP contribution in [0, 0.1) is 0 Å². The summed E-state index contributed by atoms with van der Waals surface area (Å²) in [6, 6.07) is 0. The van der Waals surface area contributed by atoms with Crippen LogP contribution in [0.2, 0.25) is 0 Å². The standard InChI is InChI=1S/C7H17NO3/c1-4(9)7(8,5(2)10)6(3)11/h4-6,9-11H,8H2,1-3H3/p+1. The van der Waals surface area contributed by atoms with Crippen molar-refractivity contribution in [3.63, 3.8) is 0 Å². The van der Waals surface area contributed by atoms with Crippen molar-refractivity contribution in [2.75, 3.05) is 0 Å². The Hall–Kier alpha value is -0.160. The van der Waals surface area contributed by atoms with Gasteiger partial charge in [0.15, 0.2) is 5.54 Å². The first-order valence-corrected chi connectivity index (χ1v) is 3.73. The molecule has 0 aromatic rings. The Morgan fingerprint density at radius 1 is 0.909 bits per heavy atom. The van der Waals surface area contributed by atoms with Crippen molar-refractivity contribution in [1.29, 1.82) is 0 Å². The molecule has 6 N–H and O–H groups in total. The van der Waals surface area contributed by atoms with Gasteiger partial charge in [-0.2, -0.15) is 0 Å². The van der Waals surface area contributed by atoms with Gasteiger partial charge in [-0.25, -0.2) is 0 Å². The SMILES string of the molecule is CC(O)C([NH3+])(C(C)O)C(C)O. The minimum absolute atomic E-state index is 0.831. The van der Waals surface area contributed by atoms with Gasteiger partial charge in [0.2, 0.25) is 0 Å². The number of aliphatic hydroxyl groups excluding tert-OH is 3. The largest absolute Gasteiger partial charge is 0.387 e. The van der Waals surface area contributed by atoms with E-state index in [0.717, 1.165) is 0 Å². The average Bonchev–Trinajstić information content (AvgIpc) is 1.84. The van der Waals surface area contributed by atoms with E-state index in [4.69, 9.17) is 0 Å². The molecule has 3 unspecified atom stereocenters. The van der Waals surface area contributed by atoms with Gasteiger partial charge < -0.3 is 21.1 Å². The van der Waals surface area contributed by atoms with E-state index in [9.17, 15) is 15.3 Å². The minimum Gasteiger partial charge on any atom is -0.387 e. The van der Waals surface area contributed by atoms with Crippen LogP contribution in [0.25, 0.3) is 0 Å². The molecular formula is C7H18NO3+. The molecule has 0 saturated heterocycles. The van der Waals surface area contributed by atoms with Gasteiger partial charge in [-0.1, -0.05) is 0 Å². The summed E-state index contributed by atoms with van der Waals surface area (Å²) in [5, 5.41) is 27.7. The van der Waals surface area contributed by atoms with Crippen molar-refractivity contribution < 1.29 is 21.1 Å². The maximum Gasteiger partial charge on any atom is 0.172 e. The molecule has 3 atom stereocenters. The topological polar surface area (TPSA) is 88.3 Å². The first-order valence-electron chi connectivity index (χ1n) is 3.73. The van der Waals surface area contributed by atoms with Crippen molar-refractivity contribution in [3.05, 3.63) is 0 Å². The zero-order valence-corrected chi connectivity index (χ0v) is 7.28. The Balaban J connectivity index is 4.53. The summed E-state index contributed by atoms with van der Waals surface area (Å²) < 4.78 is 0. The minimum atomic E-state index is -1.08. The Bertz CT molecular complexity index is 101. The van der Waals surface area contributed by atoms with E-state index < -0.39 is 23.9 Å². The number of quaternary nitrogens is 1. The molecule has 11 heavy (non-hydrogen) atoms. The Labute approximate surface area is 66.7 Å². The van der Waals surface area contributed by atoms with Gasteiger partial charge >= 0.3 is 0 Å². The maximum absolute atomic E-state index is 9.23. The van der Waals surface area contributed by atoms with E-state index in [1.165, 1.54) is 20.8 Å². The molecule has 4 heteroatoms. The summed E-state index contributed by atoms with van der Waals surface area (Å²) in [5.74, 6) is 0. The lowest BCUT2D eigenvalue weighted by Crippen LogP contribution is -2.86. The summed E-state index contributed by atoms with van der Waals surface area (Å²) in [6.07, 6.45) is -2.49. The van der Waals surface area contributed by atoms with Gasteiger partial charge in [0, 0.05) is 0 Å². The second-order valence-corrected chi connectivity index (χ2v) is 3.14. The molecule has 0 aromatic carbocycles. The molecule has 68 valence electrons. The van der Waals surface area contributed by atoms with E-state index >= 15 is 0 Å². The van der Waals surface area contributed by atoms with Gasteiger partial charge in [0.25, 0.3) is 0 Å². The predicted molar refractivity (Wildman–Crippen MR) is 40.7 cm³/mol. The second kappa shape index (κ2) is 3.49. The van der Waals surface area contributed by atoms with Gasteiger partial charge in [-0.3, -0.25) is 0 Å². The van der Waals surface area contributed by atoms with Crippen LogP contribution in [0.4, 0.5) is 0 Å². The smallest absolute Gasteiger partial charge is 0.172 e. The Morgan fingerprint density at radius 3 is 1.09 bits per heavy atom. The molecule has 0 aliphatic carbocycles. The molecule has 0 amide bonds. The van der Waals surface area contributed by atoms with Crippen LogP contribution >= 0.6 is 0 Å². The third kappa shape index (κ3) is 1.90. The number of rotatable bonds is 3. The van der Waals surface area contributed by atoms with Crippen LogP contribution in [0.3, 0.4) is 0 Å². The molecule has 4 nitrogen and oxygen atoms in total. The Kier molecular flexibility index (Phi) is 3.44. The van der Waals surface area contributed by atoms with E-state index in [0.29, 0.717) is 0 Å². The lowest BCUT2D eigenvalue weighted by atomic mass is 9.84. The molecule has 0 bridgehead atoms. The number of hydrogen-bond donors (Lipinski definition) is 4. The fourth-order valence-electron chi connectivity index (χ4n) is 1.05. The summed E-state index contributed by atoms with van der Waals surface area (Å²) in [7, 11) is 0. The van der Waals surface area contributed by atoms with Crippen molar-refractivity contribution in [3.8, 4) is 0 Å². The molecular weight excluding hydrogens is 146 g/mol. The monoisotopic (exact) mass is 164 g/mol. The van der Waals surface area contributed by atoms with E-state index in [1.54, 1.807) is 0 Å². The van der Waals surface area contributed by atoms with Gasteiger partial charge in [-0.15, -0.1) is 0 Å². The van der Waals surface area contributed by atoms with E-state index in [-0.39, 0.29) is 0 Å². The van der Waals surface area contributed by atoms with E-state index in [1.807, 2.05) is 0 Å². The van der Waals surface area contributed by atoms with Crippen molar-refractivity contribution in [1.82, 2.24) is 0 Å². The zero-order valence-electron chi connectivity index (χ0n) is 7.28. The summed E-state index contributed by atoms with van der Waals surface area (Å²) >= 11 is 0. The normalized spacial score (nSPS) is 25.4. The highest BCUT2D eigenvalue weighted by atomic mass is 16.3. The van der Waals surface area contributed by atoms with Crippen molar-refractivity contribution in [2.45, 2.75) is 44.6 Å². The molecule has 0 saturated carbocycles.